The summed E-state index contributed by atoms with van der Waals surface area (Å²) in [7, 11) is 1.51. The van der Waals surface area contributed by atoms with Crippen LogP contribution in [0.4, 0.5) is 10.1 Å². The van der Waals surface area contributed by atoms with E-state index < -0.39 is 5.92 Å². The van der Waals surface area contributed by atoms with Gasteiger partial charge in [0.1, 0.15) is 11.6 Å². The summed E-state index contributed by atoms with van der Waals surface area (Å²) in [5.41, 5.74) is 0.963. The third-order valence-electron chi connectivity index (χ3n) is 4.32. The highest BCUT2D eigenvalue weighted by atomic mass is 35.5. The van der Waals surface area contributed by atoms with Crippen molar-refractivity contribution in [3.8, 4) is 5.75 Å². The average Bonchev–Trinajstić information content (AvgIpc) is 2.98. The quantitative estimate of drug-likeness (QED) is 0.869. The number of amides is 2. The Kier molecular flexibility index (Phi) is 5.42. The van der Waals surface area contributed by atoms with Gasteiger partial charge in [-0.2, -0.15) is 0 Å². The molecule has 0 saturated carbocycles. The van der Waals surface area contributed by atoms with Crippen molar-refractivity contribution < 1.29 is 18.7 Å². The predicted octanol–water partition coefficient (Wildman–Crippen LogP) is 3.47. The van der Waals surface area contributed by atoms with Gasteiger partial charge >= 0.3 is 0 Å². The molecule has 2 aromatic carbocycles. The highest BCUT2D eigenvalue weighted by Gasteiger charge is 2.34. The molecule has 0 aromatic heterocycles. The van der Waals surface area contributed by atoms with Gasteiger partial charge in [0.2, 0.25) is 11.8 Å². The molecule has 26 heavy (non-hydrogen) atoms. The van der Waals surface area contributed by atoms with Crippen molar-refractivity contribution in [1.29, 1.82) is 0 Å². The Bertz CT molecular complexity index is 843. The van der Waals surface area contributed by atoms with Crippen LogP contribution in [0.3, 0.4) is 0 Å². The second kappa shape index (κ2) is 7.74. The van der Waals surface area contributed by atoms with Crippen molar-refractivity contribution in [2.75, 3.05) is 19.0 Å². The van der Waals surface area contributed by atoms with Gasteiger partial charge in [0.15, 0.2) is 0 Å². The first-order chi connectivity index (χ1) is 12.5. The average molecular weight is 377 g/mol. The standard InChI is InChI=1S/C19H18ClFN2O3/c1-26-17-7-6-14(9-15(17)20)22-19(25)13-8-18(24)23(11-13)10-12-4-2-3-5-16(12)21/h2-7,9,13H,8,10-11H2,1H3,(H,22,25). The first-order valence-electron chi connectivity index (χ1n) is 8.13. The molecule has 1 aliphatic rings. The summed E-state index contributed by atoms with van der Waals surface area (Å²) in [6.07, 6.45) is 0.101. The molecule has 136 valence electrons. The zero-order valence-electron chi connectivity index (χ0n) is 14.2. The number of ether oxygens (including phenoxy) is 1. The van der Waals surface area contributed by atoms with Gasteiger partial charge in [0.05, 0.1) is 18.1 Å². The maximum Gasteiger partial charge on any atom is 0.229 e. The van der Waals surface area contributed by atoms with E-state index in [-0.39, 0.29) is 37.1 Å². The highest BCUT2D eigenvalue weighted by Crippen LogP contribution is 2.28. The number of nitrogens with zero attached hydrogens (tertiary/aromatic N) is 1. The van der Waals surface area contributed by atoms with E-state index in [1.807, 2.05) is 0 Å². The van der Waals surface area contributed by atoms with Crippen molar-refractivity contribution in [2.45, 2.75) is 13.0 Å². The first kappa shape index (κ1) is 18.2. The fourth-order valence-corrected chi connectivity index (χ4v) is 3.18. The summed E-state index contributed by atoms with van der Waals surface area (Å²) in [6, 6.07) is 11.2. The molecule has 2 aromatic rings. The van der Waals surface area contributed by atoms with Crippen molar-refractivity contribution >= 4 is 29.1 Å². The zero-order valence-corrected chi connectivity index (χ0v) is 14.9. The number of hydrogen-bond donors (Lipinski definition) is 1. The highest BCUT2D eigenvalue weighted by molar-refractivity contribution is 6.32. The number of rotatable bonds is 5. The van der Waals surface area contributed by atoms with E-state index >= 15 is 0 Å². The summed E-state index contributed by atoms with van der Waals surface area (Å²) in [5.74, 6) is -0.773. The smallest absolute Gasteiger partial charge is 0.229 e. The van der Waals surface area contributed by atoms with Crippen molar-refractivity contribution in [3.05, 3.63) is 58.9 Å². The number of methoxy groups -OCH3 is 1. The SMILES string of the molecule is COc1ccc(NC(=O)C2CC(=O)N(Cc3ccccc3F)C2)cc1Cl. The maximum atomic E-state index is 13.8. The minimum atomic E-state index is -0.491. The second-order valence-corrected chi connectivity index (χ2v) is 6.51. The van der Waals surface area contributed by atoms with Crippen molar-refractivity contribution in [1.82, 2.24) is 4.90 Å². The Morgan fingerprint density at radius 1 is 1.35 bits per heavy atom. The third kappa shape index (κ3) is 3.96. The molecule has 7 heteroatoms. The molecule has 1 aliphatic heterocycles. The van der Waals surface area contributed by atoms with E-state index in [0.717, 1.165) is 0 Å². The van der Waals surface area contributed by atoms with Gasteiger partial charge < -0.3 is 15.0 Å². The van der Waals surface area contributed by atoms with E-state index in [0.29, 0.717) is 22.0 Å². The lowest BCUT2D eigenvalue weighted by molar-refractivity contribution is -0.128. The van der Waals surface area contributed by atoms with Gasteiger partial charge in [-0.05, 0) is 24.3 Å². The molecule has 1 atom stereocenters. The summed E-state index contributed by atoms with van der Waals surface area (Å²) < 4.78 is 18.8. The molecule has 1 heterocycles. The van der Waals surface area contributed by atoms with Gasteiger partial charge in [-0.25, -0.2) is 4.39 Å². The van der Waals surface area contributed by atoms with Crippen LogP contribution in [0.5, 0.6) is 5.75 Å². The normalized spacial score (nSPS) is 16.7. The molecule has 1 N–H and O–H groups in total. The topological polar surface area (TPSA) is 58.6 Å². The Morgan fingerprint density at radius 2 is 2.12 bits per heavy atom. The number of anilines is 1. The van der Waals surface area contributed by atoms with Crippen LogP contribution in [0.15, 0.2) is 42.5 Å². The third-order valence-corrected chi connectivity index (χ3v) is 4.62. The molecule has 5 nitrogen and oxygen atoms in total. The van der Waals surface area contributed by atoms with E-state index in [1.54, 1.807) is 36.4 Å². The lowest BCUT2D eigenvalue weighted by Crippen LogP contribution is -2.28. The summed E-state index contributed by atoms with van der Waals surface area (Å²) in [6.45, 7) is 0.409. The van der Waals surface area contributed by atoms with Crippen molar-refractivity contribution in [3.63, 3.8) is 0 Å². The minimum Gasteiger partial charge on any atom is -0.495 e. The van der Waals surface area contributed by atoms with E-state index in [4.69, 9.17) is 16.3 Å². The largest absolute Gasteiger partial charge is 0.495 e. The van der Waals surface area contributed by atoms with Crippen LogP contribution in [0.2, 0.25) is 5.02 Å². The number of likely N-dealkylation sites (tertiary alicyclic amines) is 1. The summed E-state index contributed by atoms with van der Waals surface area (Å²) in [4.78, 5) is 26.1. The zero-order chi connectivity index (χ0) is 18.7. The minimum absolute atomic E-state index is 0.101. The predicted molar refractivity (Wildman–Crippen MR) is 96.6 cm³/mol. The van der Waals surface area contributed by atoms with Crippen LogP contribution in [0, 0.1) is 11.7 Å². The molecule has 0 aliphatic carbocycles. The fraction of sp³-hybridized carbons (Fsp3) is 0.263. The Hall–Kier alpha value is -2.60. The number of halogens is 2. The van der Waals surface area contributed by atoms with E-state index in [1.165, 1.54) is 18.1 Å². The Morgan fingerprint density at radius 3 is 2.81 bits per heavy atom. The van der Waals surface area contributed by atoms with Gasteiger partial charge in [0.25, 0.3) is 0 Å². The molecule has 2 amide bonds. The van der Waals surface area contributed by atoms with Gasteiger partial charge in [0, 0.05) is 30.8 Å². The van der Waals surface area contributed by atoms with Crippen molar-refractivity contribution in [2.24, 2.45) is 5.92 Å². The molecule has 1 unspecified atom stereocenters. The van der Waals surface area contributed by atoms with Gasteiger partial charge in [-0.1, -0.05) is 29.8 Å². The van der Waals surface area contributed by atoms with Gasteiger partial charge in [-0.15, -0.1) is 0 Å². The number of carbonyl (C=O) groups is 2. The Labute approximate surface area is 155 Å². The molecule has 3 rings (SSSR count). The van der Waals surface area contributed by atoms with Crippen LogP contribution in [0.25, 0.3) is 0 Å². The summed E-state index contributed by atoms with van der Waals surface area (Å²) in [5, 5.41) is 3.14. The molecular weight excluding hydrogens is 359 g/mol. The van der Waals surface area contributed by atoms with E-state index in [2.05, 4.69) is 5.32 Å². The van der Waals surface area contributed by atoms with Crippen LogP contribution in [-0.4, -0.2) is 30.4 Å². The van der Waals surface area contributed by atoms with Crippen LogP contribution < -0.4 is 10.1 Å². The maximum absolute atomic E-state index is 13.8. The van der Waals surface area contributed by atoms with Gasteiger partial charge in [-0.3, -0.25) is 9.59 Å². The monoisotopic (exact) mass is 376 g/mol. The molecule has 0 radical (unpaired) electrons. The lowest BCUT2D eigenvalue weighted by atomic mass is 10.1. The van der Waals surface area contributed by atoms with Crippen LogP contribution in [0.1, 0.15) is 12.0 Å². The molecular formula is C19H18ClFN2O3. The molecule has 1 fully saturated rings. The van der Waals surface area contributed by atoms with E-state index in [9.17, 15) is 14.0 Å². The lowest BCUT2D eigenvalue weighted by Gasteiger charge is -2.17. The number of carbonyl (C=O) groups excluding carboxylic acids is 2. The van der Waals surface area contributed by atoms with Crippen LogP contribution in [-0.2, 0) is 16.1 Å². The first-order valence-corrected chi connectivity index (χ1v) is 8.51. The molecule has 1 saturated heterocycles. The molecule has 0 bridgehead atoms. The number of nitrogens with one attached hydrogen (secondary N) is 1. The fourth-order valence-electron chi connectivity index (χ4n) is 2.92. The molecule has 0 spiro atoms. The summed E-state index contributed by atoms with van der Waals surface area (Å²) >= 11 is 6.05. The number of hydrogen-bond acceptors (Lipinski definition) is 3. The Balaban J connectivity index is 1.63. The number of benzene rings is 2. The second-order valence-electron chi connectivity index (χ2n) is 6.11. The van der Waals surface area contributed by atoms with Crippen LogP contribution >= 0.6 is 11.6 Å².